The molecular weight excluding hydrogens is 266 g/mol. The average Bonchev–Trinajstić information content (AvgIpc) is 3.02. The van der Waals surface area contributed by atoms with Gasteiger partial charge in [-0.3, -0.25) is 0 Å². The molecule has 0 spiro atoms. The normalized spacial score (nSPS) is 13.9. The fourth-order valence-electron chi connectivity index (χ4n) is 2.38. The summed E-state index contributed by atoms with van der Waals surface area (Å²) in [5.74, 6) is 1.68. The molecule has 1 aliphatic heterocycles. The number of aromatic nitrogens is 2. The van der Waals surface area contributed by atoms with E-state index < -0.39 is 0 Å². The number of fused-ring (bicyclic) bond motifs is 1. The molecule has 0 unspecified atom stereocenters. The van der Waals surface area contributed by atoms with E-state index in [1.165, 1.54) is 11.1 Å². The van der Waals surface area contributed by atoms with Gasteiger partial charge in [0.25, 0.3) is 0 Å². The zero-order chi connectivity index (χ0) is 14.9. The van der Waals surface area contributed by atoms with E-state index in [0.29, 0.717) is 18.5 Å². The highest BCUT2D eigenvalue weighted by Gasteiger charge is 2.16. The lowest BCUT2D eigenvalue weighted by molar-refractivity contribution is 0.356. The lowest BCUT2D eigenvalue weighted by Crippen LogP contribution is -2.09. The SMILES string of the molecule is CC(C)(C)Cc1nnc(NCc2ccc3c(c2)CCO3)o1. The highest BCUT2D eigenvalue weighted by Crippen LogP contribution is 2.26. The van der Waals surface area contributed by atoms with E-state index in [1.807, 2.05) is 6.07 Å². The predicted molar refractivity (Wildman–Crippen MR) is 80.4 cm³/mol. The molecule has 0 aliphatic carbocycles. The first kappa shape index (κ1) is 13.9. The summed E-state index contributed by atoms with van der Waals surface area (Å²) in [6, 6.07) is 6.73. The topological polar surface area (TPSA) is 60.2 Å². The lowest BCUT2D eigenvalue weighted by atomic mass is 9.92. The summed E-state index contributed by atoms with van der Waals surface area (Å²) in [4.78, 5) is 0. The van der Waals surface area contributed by atoms with Crippen LogP contribution in [0.2, 0.25) is 0 Å². The van der Waals surface area contributed by atoms with Crippen molar-refractivity contribution in [3.8, 4) is 5.75 Å². The Morgan fingerprint density at radius 1 is 1.24 bits per heavy atom. The standard InChI is InChI=1S/C16H21N3O2/c1-16(2,3)9-14-18-19-15(21-14)17-10-11-4-5-13-12(8-11)6-7-20-13/h4-5,8H,6-7,9-10H2,1-3H3,(H,17,19). The van der Waals surface area contributed by atoms with Crippen LogP contribution in [0.25, 0.3) is 0 Å². The van der Waals surface area contributed by atoms with Gasteiger partial charge in [0.05, 0.1) is 6.61 Å². The fourth-order valence-corrected chi connectivity index (χ4v) is 2.38. The van der Waals surface area contributed by atoms with E-state index in [0.717, 1.165) is 25.2 Å². The number of rotatable bonds is 4. The first-order valence-corrected chi connectivity index (χ1v) is 7.30. The number of hydrogen-bond donors (Lipinski definition) is 1. The lowest BCUT2D eigenvalue weighted by Gasteiger charge is -2.14. The molecule has 3 rings (SSSR count). The molecule has 1 N–H and O–H groups in total. The molecule has 0 amide bonds. The zero-order valence-corrected chi connectivity index (χ0v) is 12.8. The molecule has 0 radical (unpaired) electrons. The Kier molecular flexibility index (Phi) is 3.57. The van der Waals surface area contributed by atoms with E-state index in [4.69, 9.17) is 9.15 Å². The number of ether oxygens (including phenoxy) is 1. The first-order valence-electron chi connectivity index (χ1n) is 7.30. The van der Waals surface area contributed by atoms with Crippen LogP contribution >= 0.6 is 0 Å². The van der Waals surface area contributed by atoms with Crippen molar-refractivity contribution in [1.82, 2.24) is 10.2 Å². The molecule has 5 heteroatoms. The molecule has 0 atom stereocenters. The predicted octanol–water partition coefficient (Wildman–Crippen LogP) is 3.21. The molecule has 0 bridgehead atoms. The van der Waals surface area contributed by atoms with Gasteiger partial charge in [0.1, 0.15) is 5.75 Å². The van der Waals surface area contributed by atoms with Gasteiger partial charge in [-0.15, -0.1) is 5.10 Å². The average molecular weight is 287 g/mol. The zero-order valence-electron chi connectivity index (χ0n) is 12.8. The summed E-state index contributed by atoms with van der Waals surface area (Å²) in [5, 5.41) is 11.3. The molecule has 5 nitrogen and oxygen atoms in total. The summed E-state index contributed by atoms with van der Waals surface area (Å²) < 4.78 is 11.1. The van der Waals surface area contributed by atoms with Crippen molar-refractivity contribution >= 4 is 6.01 Å². The van der Waals surface area contributed by atoms with Crippen molar-refractivity contribution in [2.24, 2.45) is 5.41 Å². The molecule has 2 aromatic rings. The largest absolute Gasteiger partial charge is 0.493 e. The molecule has 0 fully saturated rings. The molecule has 2 heterocycles. The second kappa shape index (κ2) is 5.39. The number of nitrogens with zero attached hydrogens (tertiary/aromatic N) is 2. The van der Waals surface area contributed by atoms with Gasteiger partial charge < -0.3 is 14.5 Å². The minimum absolute atomic E-state index is 0.143. The molecule has 112 valence electrons. The van der Waals surface area contributed by atoms with E-state index in [2.05, 4.69) is 48.4 Å². The number of hydrogen-bond acceptors (Lipinski definition) is 5. The van der Waals surface area contributed by atoms with Gasteiger partial charge >= 0.3 is 6.01 Å². The fraction of sp³-hybridized carbons (Fsp3) is 0.500. The third kappa shape index (κ3) is 3.54. The highest BCUT2D eigenvalue weighted by atomic mass is 16.5. The number of anilines is 1. The van der Waals surface area contributed by atoms with Crippen LogP contribution in [0.15, 0.2) is 22.6 Å². The second-order valence-electron chi connectivity index (χ2n) is 6.63. The smallest absolute Gasteiger partial charge is 0.315 e. The van der Waals surface area contributed by atoms with Crippen molar-refractivity contribution in [2.45, 2.75) is 40.2 Å². The van der Waals surface area contributed by atoms with E-state index >= 15 is 0 Å². The van der Waals surface area contributed by atoms with Crippen LogP contribution in [0.5, 0.6) is 5.75 Å². The van der Waals surface area contributed by atoms with E-state index in [1.54, 1.807) is 0 Å². The van der Waals surface area contributed by atoms with Gasteiger partial charge in [0.15, 0.2) is 0 Å². The Morgan fingerprint density at radius 3 is 2.90 bits per heavy atom. The Labute approximate surface area is 124 Å². The van der Waals surface area contributed by atoms with Gasteiger partial charge in [-0.2, -0.15) is 0 Å². The minimum atomic E-state index is 0.143. The van der Waals surface area contributed by atoms with Crippen LogP contribution in [0.1, 0.15) is 37.8 Å². The van der Waals surface area contributed by atoms with E-state index in [9.17, 15) is 0 Å². The van der Waals surface area contributed by atoms with Gasteiger partial charge in [0.2, 0.25) is 5.89 Å². The molecule has 1 aliphatic rings. The quantitative estimate of drug-likeness (QED) is 0.935. The van der Waals surface area contributed by atoms with Crippen LogP contribution in [-0.4, -0.2) is 16.8 Å². The van der Waals surface area contributed by atoms with Gasteiger partial charge in [-0.25, -0.2) is 0 Å². The third-order valence-corrected chi connectivity index (χ3v) is 3.35. The Bertz CT molecular complexity index is 629. The van der Waals surface area contributed by atoms with Crippen LogP contribution in [0.4, 0.5) is 6.01 Å². The summed E-state index contributed by atoms with van der Waals surface area (Å²) in [6.07, 6.45) is 1.76. The highest BCUT2D eigenvalue weighted by molar-refractivity contribution is 5.40. The van der Waals surface area contributed by atoms with Gasteiger partial charge in [0, 0.05) is 19.4 Å². The molecule has 21 heavy (non-hydrogen) atoms. The summed E-state index contributed by atoms with van der Waals surface area (Å²) >= 11 is 0. The summed E-state index contributed by atoms with van der Waals surface area (Å²) in [5.41, 5.74) is 2.60. The third-order valence-electron chi connectivity index (χ3n) is 3.35. The van der Waals surface area contributed by atoms with Crippen molar-refractivity contribution in [3.63, 3.8) is 0 Å². The van der Waals surface area contributed by atoms with Crippen molar-refractivity contribution in [2.75, 3.05) is 11.9 Å². The van der Waals surface area contributed by atoms with Crippen LogP contribution in [0, 0.1) is 5.41 Å². The maximum absolute atomic E-state index is 5.62. The van der Waals surface area contributed by atoms with Gasteiger partial charge in [-0.1, -0.05) is 38.0 Å². The van der Waals surface area contributed by atoms with E-state index in [-0.39, 0.29) is 5.41 Å². The maximum atomic E-state index is 5.62. The Hall–Kier alpha value is -2.04. The van der Waals surface area contributed by atoms with Crippen LogP contribution < -0.4 is 10.1 Å². The summed E-state index contributed by atoms with van der Waals surface area (Å²) in [6.45, 7) is 7.90. The van der Waals surface area contributed by atoms with Crippen molar-refractivity contribution in [1.29, 1.82) is 0 Å². The monoisotopic (exact) mass is 287 g/mol. The minimum Gasteiger partial charge on any atom is -0.493 e. The van der Waals surface area contributed by atoms with Gasteiger partial charge in [-0.05, 0) is 22.6 Å². The van der Waals surface area contributed by atoms with Crippen LogP contribution in [-0.2, 0) is 19.4 Å². The molecular formula is C16H21N3O2. The molecule has 0 saturated carbocycles. The van der Waals surface area contributed by atoms with Crippen LogP contribution in [0.3, 0.4) is 0 Å². The first-order chi connectivity index (χ1) is 9.99. The maximum Gasteiger partial charge on any atom is 0.315 e. The summed E-state index contributed by atoms with van der Waals surface area (Å²) in [7, 11) is 0. The van der Waals surface area contributed by atoms with Crippen molar-refractivity contribution < 1.29 is 9.15 Å². The molecule has 1 aromatic heterocycles. The molecule has 1 aromatic carbocycles. The second-order valence-corrected chi connectivity index (χ2v) is 6.63. The Balaban J connectivity index is 1.60. The van der Waals surface area contributed by atoms with Crippen molar-refractivity contribution in [3.05, 3.63) is 35.2 Å². The Morgan fingerprint density at radius 2 is 2.10 bits per heavy atom. The number of nitrogens with one attached hydrogen (secondary N) is 1. The molecule has 0 saturated heterocycles. The number of benzene rings is 1.